The van der Waals surface area contributed by atoms with Gasteiger partial charge in [0.25, 0.3) is 5.91 Å². The zero-order chi connectivity index (χ0) is 19.6. The number of hydrogen-bond donors (Lipinski definition) is 1. The van der Waals surface area contributed by atoms with E-state index in [1.54, 1.807) is 22.9 Å². The molecular weight excluding hydrogens is 380 g/mol. The van der Waals surface area contributed by atoms with Gasteiger partial charge in [-0.25, -0.2) is 13.8 Å². The van der Waals surface area contributed by atoms with Crippen LogP contribution in [0.15, 0.2) is 42.9 Å². The van der Waals surface area contributed by atoms with Gasteiger partial charge >= 0.3 is 0 Å². The summed E-state index contributed by atoms with van der Waals surface area (Å²) in [6, 6.07) is 6.59. The third kappa shape index (κ3) is 3.85. The van der Waals surface area contributed by atoms with Gasteiger partial charge in [-0.05, 0) is 12.1 Å². The molecule has 0 aliphatic rings. The number of carbonyl (C=O) groups is 1. The predicted octanol–water partition coefficient (Wildman–Crippen LogP) is 4.07. The normalized spacial score (nSPS) is 10.6. The average Bonchev–Trinajstić information content (AvgIpc) is 3.07. The molecule has 1 amide bonds. The lowest BCUT2D eigenvalue weighted by Crippen LogP contribution is -2.16. The molecule has 0 aliphatic heterocycles. The van der Waals surface area contributed by atoms with Crippen molar-refractivity contribution in [2.75, 3.05) is 19.5 Å². The number of rotatable bonds is 5. The summed E-state index contributed by atoms with van der Waals surface area (Å²) in [5, 5.41) is 2.75. The third-order valence-electron chi connectivity index (χ3n) is 3.75. The molecule has 0 spiro atoms. The molecule has 0 unspecified atom stereocenters. The fourth-order valence-electron chi connectivity index (χ4n) is 2.48. The Hall–Kier alpha value is -3.13. The van der Waals surface area contributed by atoms with Crippen molar-refractivity contribution in [1.29, 1.82) is 0 Å². The summed E-state index contributed by atoms with van der Waals surface area (Å²) in [5.74, 6) is -2.61. The summed E-state index contributed by atoms with van der Waals surface area (Å²) >= 11 is 5.82. The standard InChI is InChI=1S/C18H14ClF2N3O3/c1-26-11-6-12(20)17(13(21)7-11)18(25)23-10-3-4-14(15(5-10)27-2)24-8-16(19)22-9-24/h3-9H,1-2H3,(H,23,25). The van der Waals surface area contributed by atoms with Gasteiger partial charge in [0.15, 0.2) is 0 Å². The van der Waals surface area contributed by atoms with Gasteiger partial charge in [0.05, 0.1) is 19.9 Å². The molecule has 0 saturated carbocycles. The smallest absolute Gasteiger partial charge is 0.261 e. The molecule has 2 aromatic carbocycles. The first-order valence-corrected chi connectivity index (χ1v) is 8.03. The first kappa shape index (κ1) is 18.7. The van der Waals surface area contributed by atoms with E-state index in [9.17, 15) is 13.6 Å². The Morgan fingerprint density at radius 2 is 1.85 bits per heavy atom. The number of methoxy groups -OCH3 is 2. The van der Waals surface area contributed by atoms with Crippen LogP contribution >= 0.6 is 11.6 Å². The van der Waals surface area contributed by atoms with Crippen molar-refractivity contribution in [3.63, 3.8) is 0 Å². The number of nitrogens with zero attached hydrogens (tertiary/aromatic N) is 2. The number of hydrogen-bond acceptors (Lipinski definition) is 4. The molecule has 3 aromatic rings. The van der Waals surface area contributed by atoms with Gasteiger partial charge < -0.3 is 19.4 Å². The number of anilines is 1. The number of carbonyl (C=O) groups excluding carboxylic acids is 1. The maximum absolute atomic E-state index is 14.1. The van der Waals surface area contributed by atoms with Crippen LogP contribution in [0.1, 0.15) is 10.4 Å². The van der Waals surface area contributed by atoms with Crippen molar-refractivity contribution in [3.05, 3.63) is 65.2 Å². The van der Waals surface area contributed by atoms with E-state index in [1.807, 2.05) is 0 Å². The highest BCUT2D eigenvalue weighted by molar-refractivity contribution is 6.29. The van der Waals surface area contributed by atoms with E-state index in [0.717, 1.165) is 12.1 Å². The minimum atomic E-state index is -1.03. The molecule has 0 fully saturated rings. The molecule has 0 radical (unpaired) electrons. The lowest BCUT2D eigenvalue weighted by molar-refractivity contribution is 0.101. The number of imidazole rings is 1. The monoisotopic (exact) mass is 393 g/mol. The highest BCUT2D eigenvalue weighted by atomic mass is 35.5. The molecule has 0 saturated heterocycles. The Morgan fingerprint density at radius 1 is 1.15 bits per heavy atom. The van der Waals surface area contributed by atoms with Crippen molar-refractivity contribution in [2.24, 2.45) is 0 Å². The summed E-state index contributed by atoms with van der Waals surface area (Å²) in [7, 11) is 2.72. The van der Waals surface area contributed by atoms with Crippen LogP contribution in [0.3, 0.4) is 0 Å². The number of ether oxygens (including phenoxy) is 2. The lowest BCUT2D eigenvalue weighted by atomic mass is 10.1. The largest absolute Gasteiger partial charge is 0.497 e. The van der Waals surface area contributed by atoms with Crippen molar-refractivity contribution in [1.82, 2.24) is 9.55 Å². The minimum Gasteiger partial charge on any atom is -0.497 e. The summed E-state index contributed by atoms with van der Waals surface area (Å²) in [5.41, 5.74) is 0.207. The van der Waals surface area contributed by atoms with Crippen LogP contribution in [0.5, 0.6) is 11.5 Å². The van der Waals surface area contributed by atoms with E-state index in [-0.39, 0.29) is 5.75 Å². The first-order chi connectivity index (χ1) is 12.9. The first-order valence-electron chi connectivity index (χ1n) is 7.65. The number of nitrogens with one attached hydrogen (secondary N) is 1. The fraction of sp³-hybridized carbons (Fsp3) is 0.111. The average molecular weight is 394 g/mol. The highest BCUT2D eigenvalue weighted by Crippen LogP contribution is 2.28. The molecular formula is C18H14ClF2N3O3. The second-order valence-corrected chi connectivity index (χ2v) is 5.80. The van der Waals surface area contributed by atoms with Crippen LogP contribution in [0.4, 0.5) is 14.5 Å². The minimum absolute atomic E-state index is 0.0217. The molecule has 1 N–H and O–H groups in total. The van der Waals surface area contributed by atoms with Crippen molar-refractivity contribution < 1.29 is 23.0 Å². The zero-order valence-electron chi connectivity index (χ0n) is 14.3. The van der Waals surface area contributed by atoms with E-state index >= 15 is 0 Å². The van der Waals surface area contributed by atoms with E-state index in [4.69, 9.17) is 21.1 Å². The number of halogens is 3. The topological polar surface area (TPSA) is 65.4 Å². The molecule has 0 aliphatic carbocycles. The fourth-order valence-corrected chi connectivity index (χ4v) is 2.63. The SMILES string of the molecule is COc1cc(F)c(C(=O)Nc2ccc(-n3cnc(Cl)c3)c(OC)c2)c(F)c1. The van der Waals surface area contributed by atoms with Gasteiger partial charge in [-0.3, -0.25) is 4.79 Å². The van der Waals surface area contributed by atoms with Crippen LogP contribution < -0.4 is 14.8 Å². The van der Waals surface area contributed by atoms with E-state index in [0.29, 0.717) is 22.3 Å². The molecule has 27 heavy (non-hydrogen) atoms. The Labute approximate surface area is 158 Å². The summed E-state index contributed by atoms with van der Waals surface area (Å²) in [6.07, 6.45) is 3.08. The Kier molecular flexibility index (Phi) is 5.27. The molecule has 0 bridgehead atoms. The Balaban J connectivity index is 1.89. The van der Waals surface area contributed by atoms with Gasteiger partial charge in [0.2, 0.25) is 0 Å². The molecule has 140 valence electrons. The van der Waals surface area contributed by atoms with Crippen LogP contribution in [-0.4, -0.2) is 29.7 Å². The zero-order valence-corrected chi connectivity index (χ0v) is 15.1. The summed E-state index contributed by atoms with van der Waals surface area (Å²) in [6.45, 7) is 0. The summed E-state index contributed by atoms with van der Waals surface area (Å²) < 4.78 is 39.8. The highest BCUT2D eigenvalue weighted by Gasteiger charge is 2.20. The van der Waals surface area contributed by atoms with Gasteiger partial charge in [0.1, 0.15) is 40.2 Å². The Morgan fingerprint density at radius 3 is 2.41 bits per heavy atom. The quantitative estimate of drug-likeness (QED) is 0.709. The van der Waals surface area contributed by atoms with Gasteiger partial charge in [-0.2, -0.15) is 0 Å². The van der Waals surface area contributed by atoms with Gasteiger partial charge in [-0.15, -0.1) is 0 Å². The van der Waals surface area contributed by atoms with E-state index in [1.165, 1.54) is 26.6 Å². The number of benzene rings is 2. The van der Waals surface area contributed by atoms with Crippen molar-refractivity contribution >= 4 is 23.2 Å². The van der Waals surface area contributed by atoms with Crippen LogP contribution in [0.2, 0.25) is 5.15 Å². The number of amides is 1. The molecule has 0 atom stereocenters. The number of aromatic nitrogens is 2. The molecule has 1 aromatic heterocycles. The molecule has 9 heteroatoms. The maximum Gasteiger partial charge on any atom is 0.261 e. The van der Waals surface area contributed by atoms with E-state index in [2.05, 4.69) is 10.3 Å². The van der Waals surface area contributed by atoms with Crippen LogP contribution in [0.25, 0.3) is 5.69 Å². The summed E-state index contributed by atoms with van der Waals surface area (Å²) in [4.78, 5) is 16.2. The van der Waals surface area contributed by atoms with Crippen LogP contribution in [0, 0.1) is 11.6 Å². The lowest BCUT2D eigenvalue weighted by Gasteiger charge is -2.13. The maximum atomic E-state index is 14.1. The molecule has 6 nitrogen and oxygen atoms in total. The molecule has 1 heterocycles. The second kappa shape index (κ2) is 7.63. The third-order valence-corrected chi connectivity index (χ3v) is 3.94. The van der Waals surface area contributed by atoms with Gasteiger partial charge in [-0.1, -0.05) is 11.6 Å². The molecule has 3 rings (SSSR count). The van der Waals surface area contributed by atoms with Crippen LogP contribution in [-0.2, 0) is 0 Å². The van der Waals surface area contributed by atoms with Crippen molar-refractivity contribution in [2.45, 2.75) is 0 Å². The predicted molar refractivity (Wildman–Crippen MR) is 96.0 cm³/mol. The van der Waals surface area contributed by atoms with E-state index < -0.39 is 23.1 Å². The second-order valence-electron chi connectivity index (χ2n) is 5.41. The van der Waals surface area contributed by atoms with Crippen molar-refractivity contribution in [3.8, 4) is 17.2 Å². The Bertz CT molecular complexity index is 984. The van der Waals surface area contributed by atoms with Gasteiger partial charge in [0, 0.05) is 30.1 Å².